The van der Waals surface area contributed by atoms with Gasteiger partial charge in [0.1, 0.15) is 17.1 Å². The van der Waals surface area contributed by atoms with Gasteiger partial charge in [0.25, 0.3) is 0 Å². The zero-order chi connectivity index (χ0) is 22.9. The summed E-state index contributed by atoms with van der Waals surface area (Å²) in [5.74, 6) is 1.82. The number of piperazine rings is 1. The van der Waals surface area contributed by atoms with Gasteiger partial charge in [-0.05, 0) is 25.0 Å². The van der Waals surface area contributed by atoms with Crippen molar-refractivity contribution in [2.24, 2.45) is 5.92 Å². The third-order valence-electron chi connectivity index (χ3n) is 6.85. The van der Waals surface area contributed by atoms with Crippen LogP contribution in [0.5, 0.6) is 11.5 Å². The van der Waals surface area contributed by atoms with Crippen molar-refractivity contribution in [3.8, 4) is 22.8 Å². The molecule has 8 heteroatoms. The molecule has 2 fully saturated rings. The number of halogens is 1. The monoisotopic (exact) mass is 468 g/mol. The first-order valence-electron chi connectivity index (χ1n) is 11.5. The fourth-order valence-electron chi connectivity index (χ4n) is 4.97. The molecule has 1 aliphatic carbocycles. The van der Waals surface area contributed by atoms with Gasteiger partial charge in [-0.15, -0.1) is 0 Å². The van der Waals surface area contributed by atoms with Crippen LogP contribution in [0.1, 0.15) is 25.7 Å². The van der Waals surface area contributed by atoms with Crippen LogP contribution in [0, 0.1) is 5.92 Å². The van der Waals surface area contributed by atoms with Crippen LogP contribution in [-0.2, 0) is 4.79 Å². The van der Waals surface area contributed by atoms with Gasteiger partial charge in [0, 0.05) is 67.9 Å². The second kappa shape index (κ2) is 9.14. The van der Waals surface area contributed by atoms with E-state index in [1.807, 2.05) is 22.9 Å². The molecule has 3 heterocycles. The molecule has 174 valence electrons. The number of aromatic nitrogens is 2. The molecule has 0 unspecified atom stereocenters. The Balaban J connectivity index is 1.34. The number of nitrogens with zero attached hydrogens (tertiary/aromatic N) is 4. The molecule has 0 bridgehead atoms. The predicted octanol–water partition coefficient (Wildman–Crippen LogP) is 4.51. The van der Waals surface area contributed by atoms with E-state index in [9.17, 15) is 4.79 Å². The Morgan fingerprint density at radius 2 is 1.76 bits per heavy atom. The molecule has 3 aromatic rings. The molecule has 5 rings (SSSR count). The third-order valence-corrected chi connectivity index (χ3v) is 7.15. The Morgan fingerprint density at radius 3 is 2.45 bits per heavy atom. The Labute approximate surface area is 198 Å². The minimum absolute atomic E-state index is 0.250. The number of ether oxygens (including phenoxy) is 2. The standard InChI is InChI=1S/C25H29ClN4O3/c1-32-22-15-23(33-2)20(26)14-19(22)21-16-30-8-7-18(13-24(30)27-21)28-9-11-29(12-10-28)25(31)17-5-3-4-6-17/h7-8,13-17H,3-6,9-12H2,1-2H3. The van der Waals surface area contributed by atoms with Crippen LogP contribution in [0.4, 0.5) is 5.69 Å². The first-order chi connectivity index (χ1) is 16.1. The van der Waals surface area contributed by atoms with E-state index in [1.54, 1.807) is 20.3 Å². The molecule has 2 aliphatic rings. The minimum Gasteiger partial charge on any atom is -0.496 e. The number of anilines is 1. The van der Waals surface area contributed by atoms with Gasteiger partial charge in [-0.25, -0.2) is 4.98 Å². The number of amides is 1. The SMILES string of the molecule is COc1cc(OC)c(-c2cn3ccc(N4CCN(C(=O)C5CCCC5)CC4)cc3n2)cc1Cl. The number of pyridine rings is 1. The molecular weight excluding hydrogens is 440 g/mol. The Morgan fingerprint density at radius 1 is 1.03 bits per heavy atom. The molecule has 7 nitrogen and oxygen atoms in total. The van der Waals surface area contributed by atoms with Gasteiger partial charge in [-0.2, -0.15) is 0 Å². The molecule has 0 spiro atoms. The largest absolute Gasteiger partial charge is 0.496 e. The normalized spacial score (nSPS) is 17.1. The van der Waals surface area contributed by atoms with E-state index in [-0.39, 0.29) is 5.92 Å². The summed E-state index contributed by atoms with van der Waals surface area (Å²) in [7, 11) is 3.20. The second-order valence-corrected chi connectivity index (χ2v) is 9.16. The summed E-state index contributed by atoms with van der Waals surface area (Å²) >= 11 is 6.36. The molecule has 0 atom stereocenters. The lowest BCUT2D eigenvalue weighted by molar-refractivity contribution is -0.135. The van der Waals surface area contributed by atoms with Crippen LogP contribution >= 0.6 is 11.6 Å². The number of fused-ring (bicyclic) bond motifs is 1. The van der Waals surface area contributed by atoms with E-state index in [0.29, 0.717) is 22.4 Å². The van der Waals surface area contributed by atoms with Crippen LogP contribution in [0.25, 0.3) is 16.9 Å². The Bertz CT molecular complexity index is 1160. The fourth-order valence-corrected chi connectivity index (χ4v) is 5.21. The number of rotatable bonds is 5. The zero-order valence-corrected chi connectivity index (χ0v) is 19.8. The van der Waals surface area contributed by atoms with Crippen molar-refractivity contribution < 1.29 is 14.3 Å². The third kappa shape index (κ3) is 4.22. The van der Waals surface area contributed by atoms with Crippen molar-refractivity contribution in [3.63, 3.8) is 0 Å². The van der Waals surface area contributed by atoms with E-state index in [4.69, 9.17) is 26.1 Å². The summed E-state index contributed by atoms with van der Waals surface area (Å²) in [6, 6.07) is 7.79. The van der Waals surface area contributed by atoms with Crippen molar-refractivity contribution in [3.05, 3.63) is 41.7 Å². The van der Waals surface area contributed by atoms with Crippen molar-refractivity contribution in [2.45, 2.75) is 25.7 Å². The lowest BCUT2D eigenvalue weighted by Gasteiger charge is -2.37. The highest BCUT2D eigenvalue weighted by Crippen LogP contribution is 2.38. The topological polar surface area (TPSA) is 59.3 Å². The molecule has 2 aromatic heterocycles. The van der Waals surface area contributed by atoms with Crippen LogP contribution in [0.15, 0.2) is 36.7 Å². The number of carbonyl (C=O) groups is 1. The van der Waals surface area contributed by atoms with E-state index < -0.39 is 0 Å². The maximum absolute atomic E-state index is 12.7. The number of carbonyl (C=O) groups excluding carboxylic acids is 1. The first kappa shape index (κ1) is 21.9. The van der Waals surface area contributed by atoms with Crippen LogP contribution in [-0.4, -0.2) is 60.6 Å². The predicted molar refractivity (Wildman–Crippen MR) is 129 cm³/mol. The molecule has 0 N–H and O–H groups in total. The smallest absolute Gasteiger partial charge is 0.225 e. The molecule has 1 aliphatic heterocycles. The van der Waals surface area contributed by atoms with E-state index in [0.717, 1.165) is 61.6 Å². The number of methoxy groups -OCH3 is 2. The second-order valence-electron chi connectivity index (χ2n) is 8.76. The molecule has 1 amide bonds. The van der Waals surface area contributed by atoms with Crippen LogP contribution < -0.4 is 14.4 Å². The van der Waals surface area contributed by atoms with Gasteiger partial charge >= 0.3 is 0 Å². The molecule has 1 saturated heterocycles. The summed E-state index contributed by atoms with van der Waals surface area (Å²) in [5, 5.41) is 0.510. The van der Waals surface area contributed by atoms with Crippen LogP contribution in [0.2, 0.25) is 5.02 Å². The van der Waals surface area contributed by atoms with Gasteiger partial charge in [0.05, 0.1) is 24.9 Å². The highest BCUT2D eigenvalue weighted by Gasteiger charge is 2.29. The van der Waals surface area contributed by atoms with Gasteiger partial charge in [-0.3, -0.25) is 4.79 Å². The number of imidazole rings is 1. The van der Waals surface area contributed by atoms with Crippen molar-refractivity contribution in [1.29, 1.82) is 0 Å². The van der Waals surface area contributed by atoms with Crippen molar-refractivity contribution in [2.75, 3.05) is 45.3 Å². The average Bonchev–Trinajstić information content (AvgIpc) is 3.53. The Hall–Kier alpha value is -2.93. The average molecular weight is 469 g/mol. The maximum atomic E-state index is 12.7. The van der Waals surface area contributed by atoms with Gasteiger partial charge in [0.2, 0.25) is 5.91 Å². The van der Waals surface area contributed by atoms with E-state index in [2.05, 4.69) is 21.9 Å². The molecule has 1 saturated carbocycles. The molecule has 0 radical (unpaired) electrons. The molecule has 33 heavy (non-hydrogen) atoms. The summed E-state index contributed by atoms with van der Waals surface area (Å²) in [6.45, 7) is 3.23. The first-order valence-corrected chi connectivity index (χ1v) is 11.9. The lowest BCUT2D eigenvalue weighted by Crippen LogP contribution is -2.50. The quantitative estimate of drug-likeness (QED) is 0.551. The summed E-state index contributed by atoms with van der Waals surface area (Å²) in [5.41, 5.74) is 3.56. The van der Waals surface area contributed by atoms with Crippen molar-refractivity contribution >= 4 is 28.8 Å². The van der Waals surface area contributed by atoms with E-state index >= 15 is 0 Å². The fraction of sp³-hybridized carbons (Fsp3) is 0.440. The zero-order valence-electron chi connectivity index (χ0n) is 19.1. The van der Waals surface area contributed by atoms with Gasteiger partial charge in [-0.1, -0.05) is 24.4 Å². The number of hydrogen-bond acceptors (Lipinski definition) is 5. The van der Waals surface area contributed by atoms with Gasteiger partial charge in [0.15, 0.2) is 0 Å². The highest BCUT2D eigenvalue weighted by atomic mass is 35.5. The minimum atomic E-state index is 0.250. The van der Waals surface area contributed by atoms with Gasteiger partial charge < -0.3 is 23.7 Å². The molecular formula is C25H29ClN4O3. The van der Waals surface area contributed by atoms with Crippen molar-refractivity contribution in [1.82, 2.24) is 14.3 Å². The number of benzene rings is 1. The van der Waals surface area contributed by atoms with Crippen LogP contribution in [0.3, 0.4) is 0 Å². The van der Waals surface area contributed by atoms with E-state index in [1.165, 1.54) is 12.8 Å². The number of hydrogen-bond donors (Lipinski definition) is 0. The lowest BCUT2D eigenvalue weighted by atomic mass is 10.1. The summed E-state index contributed by atoms with van der Waals surface area (Å²) in [6.07, 6.45) is 8.49. The summed E-state index contributed by atoms with van der Waals surface area (Å²) < 4.78 is 12.8. The molecule has 1 aromatic carbocycles. The summed E-state index contributed by atoms with van der Waals surface area (Å²) in [4.78, 5) is 22.0. The highest BCUT2D eigenvalue weighted by molar-refractivity contribution is 6.32. The Kier molecular flexibility index (Phi) is 6.06. The maximum Gasteiger partial charge on any atom is 0.225 e.